The Kier molecular flexibility index (Phi) is 5.55. The molecule has 3 heteroatoms. The fraction of sp³-hybridized carbons (Fsp3) is 0.429. The molecule has 0 aromatic heterocycles. The number of terminal acetylenes is 1. The molecule has 1 rings (SSSR count). The van der Waals surface area contributed by atoms with E-state index in [0.29, 0.717) is 13.2 Å². The molecule has 0 spiro atoms. The highest BCUT2D eigenvalue weighted by Crippen LogP contribution is 2.16. The van der Waals surface area contributed by atoms with E-state index in [0.717, 1.165) is 5.75 Å². The van der Waals surface area contributed by atoms with Gasteiger partial charge in [0, 0.05) is 13.2 Å². The maximum Gasteiger partial charge on any atom is 0.268 e. The van der Waals surface area contributed by atoms with E-state index in [1.54, 1.807) is 0 Å². The van der Waals surface area contributed by atoms with Gasteiger partial charge in [0.2, 0.25) is 0 Å². The molecule has 0 N–H and O–H groups in total. The molecule has 0 saturated carbocycles. The predicted molar refractivity (Wildman–Crippen MR) is 66.8 cm³/mol. The van der Waals surface area contributed by atoms with Crippen LogP contribution in [0.1, 0.15) is 13.8 Å². The molecule has 0 fully saturated rings. The standard InChI is InChI=1S/C14H18O3/c1-4-14(16-5-2,17-6-3)12-15-13-10-8-7-9-11-13/h1,7-11H,5-6,12H2,2-3H3. The molecule has 0 radical (unpaired) electrons. The van der Waals surface area contributed by atoms with Crippen LogP contribution in [-0.4, -0.2) is 25.6 Å². The Morgan fingerprint density at radius 1 is 1.12 bits per heavy atom. The molecular formula is C14H18O3. The lowest BCUT2D eigenvalue weighted by Gasteiger charge is -2.27. The van der Waals surface area contributed by atoms with E-state index in [9.17, 15) is 0 Å². The zero-order valence-electron chi connectivity index (χ0n) is 10.3. The molecule has 0 heterocycles. The summed E-state index contributed by atoms with van der Waals surface area (Å²) in [7, 11) is 0. The molecule has 3 nitrogen and oxygen atoms in total. The molecule has 0 atom stereocenters. The van der Waals surface area contributed by atoms with Gasteiger partial charge >= 0.3 is 0 Å². The molecule has 0 aliphatic carbocycles. The van der Waals surface area contributed by atoms with E-state index in [1.807, 2.05) is 44.2 Å². The van der Waals surface area contributed by atoms with Crippen LogP contribution in [0, 0.1) is 12.3 Å². The van der Waals surface area contributed by atoms with Crippen molar-refractivity contribution in [2.75, 3.05) is 19.8 Å². The number of para-hydroxylation sites is 1. The second kappa shape index (κ2) is 6.95. The predicted octanol–water partition coefficient (Wildman–Crippen LogP) is 2.47. The summed E-state index contributed by atoms with van der Waals surface area (Å²) in [5.41, 5.74) is 0. The fourth-order valence-electron chi connectivity index (χ4n) is 1.41. The van der Waals surface area contributed by atoms with Gasteiger partial charge in [-0.3, -0.25) is 0 Å². The summed E-state index contributed by atoms with van der Waals surface area (Å²) in [5, 5.41) is 0. The first-order valence-electron chi connectivity index (χ1n) is 5.70. The lowest BCUT2D eigenvalue weighted by Crippen LogP contribution is -2.40. The first kappa shape index (κ1) is 13.6. The third-order valence-corrected chi connectivity index (χ3v) is 2.15. The number of hydrogen-bond donors (Lipinski definition) is 0. The summed E-state index contributed by atoms with van der Waals surface area (Å²) >= 11 is 0. The molecule has 0 aliphatic rings. The van der Waals surface area contributed by atoms with Crippen LogP contribution in [0.15, 0.2) is 30.3 Å². The van der Waals surface area contributed by atoms with E-state index < -0.39 is 5.79 Å². The molecule has 1 aromatic rings. The number of hydrogen-bond acceptors (Lipinski definition) is 3. The van der Waals surface area contributed by atoms with Crippen molar-refractivity contribution in [3.63, 3.8) is 0 Å². The second-order valence-corrected chi connectivity index (χ2v) is 3.36. The molecule has 0 saturated heterocycles. The van der Waals surface area contributed by atoms with Gasteiger partial charge in [0.05, 0.1) is 0 Å². The highest BCUT2D eigenvalue weighted by Gasteiger charge is 2.30. The Morgan fingerprint density at radius 2 is 1.71 bits per heavy atom. The summed E-state index contributed by atoms with van der Waals surface area (Å²) in [6.45, 7) is 4.86. The van der Waals surface area contributed by atoms with Gasteiger partial charge in [0.15, 0.2) is 6.61 Å². The summed E-state index contributed by atoms with van der Waals surface area (Å²) < 4.78 is 16.5. The zero-order valence-corrected chi connectivity index (χ0v) is 10.3. The Hall–Kier alpha value is -1.50. The Balaban J connectivity index is 2.64. The van der Waals surface area contributed by atoms with Crippen LogP contribution < -0.4 is 4.74 Å². The lowest BCUT2D eigenvalue weighted by atomic mass is 10.3. The molecule has 0 unspecified atom stereocenters. The molecule has 92 valence electrons. The summed E-state index contributed by atoms with van der Waals surface area (Å²) in [5.74, 6) is 2.16. The van der Waals surface area contributed by atoms with Crippen molar-refractivity contribution in [2.45, 2.75) is 19.6 Å². The van der Waals surface area contributed by atoms with Crippen molar-refractivity contribution < 1.29 is 14.2 Å². The molecule has 0 aliphatic heterocycles. The minimum Gasteiger partial charge on any atom is -0.487 e. The fourth-order valence-corrected chi connectivity index (χ4v) is 1.41. The lowest BCUT2D eigenvalue weighted by molar-refractivity contribution is -0.207. The normalized spacial score (nSPS) is 10.9. The average molecular weight is 234 g/mol. The molecule has 17 heavy (non-hydrogen) atoms. The highest BCUT2D eigenvalue weighted by atomic mass is 16.7. The number of rotatable bonds is 7. The topological polar surface area (TPSA) is 27.7 Å². The van der Waals surface area contributed by atoms with Crippen LogP contribution in [0.5, 0.6) is 5.75 Å². The van der Waals surface area contributed by atoms with Gasteiger partial charge in [-0.05, 0) is 31.9 Å². The van der Waals surface area contributed by atoms with Crippen LogP contribution in [-0.2, 0) is 9.47 Å². The van der Waals surface area contributed by atoms with Crippen LogP contribution in [0.4, 0.5) is 0 Å². The first-order valence-corrected chi connectivity index (χ1v) is 5.70. The third-order valence-electron chi connectivity index (χ3n) is 2.15. The molecule has 0 bridgehead atoms. The van der Waals surface area contributed by atoms with E-state index in [4.69, 9.17) is 20.6 Å². The Morgan fingerprint density at radius 3 is 2.18 bits per heavy atom. The minimum absolute atomic E-state index is 0.176. The van der Waals surface area contributed by atoms with E-state index in [-0.39, 0.29) is 6.61 Å². The largest absolute Gasteiger partial charge is 0.487 e. The van der Waals surface area contributed by atoms with Gasteiger partial charge < -0.3 is 14.2 Å². The van der Waals surface area contributed by atoms with Gasteiger partial charge in [-0.2, -0.15) is 0 Å². The first-order chi connectivity index (χ1) is 8.26. The number of ether oxygens (including phenoxy) is 3. The summed E-state index contributed by atoms with van der Waals surface area (Å²) in [4.78, 5) is 0. The maximum absolute atomic E-state index is 5.58. The monoisotopic (exact) mass is 234 g/mol. The van der Waals surface area contributed by atoms with Crippen molar-refractivity contribution in [1.82, 2.24) is 0 Å². The third kappa shape index (κ3) is 4.10. The van der Waals surface area contributed by atoms with Crippen molar-refractivity contribution >= 4 is 0 Å². The Labute approximate surface area is 103 Å². The van der Waals surface area contributed by atoms with Crippen LogP contribution in [0.25, 0.3) is 0 Å². The molecule has 1 aromatic carbocycles. The van der Waals surface area contributed by atoms with E-state index in [1.165, 1.54) is 0 Å². The van der Waals surface area contributed by atoms with Gasteiger partial charge in [0.1, 0.15) is 5.75 Å². The van der Waals surface area contributed by atoms with Crippen LogP contribution in [0.3, 0.4) is 0 Å². The van der Waals surface area contributed by atoms with E-state index >= 15 is 0 Å². The van der Waals surface area contributed by atoms with Gasteiger partial charge in [-0.1, -0.05) is 18.2 Å². The van der Waals surface area contributed by atoms with Crippen molar-refractivity contribution in [3.05, 3.63) is 30.3 Å². The quantitative estimate of drug-likeness (QED) is 0.536. The van der Waals surface area contributed by atoms with Crippen LogP contribution in [0.2, 0.25) is 0 Å². The smallest absolute Gasteiger partial charge is 0.268 e. The van der Waals surface area contributed by atoms with Gasteiger partial charge in [-0.15, -0.1) is 6.42 Å². The Bertz CT molecular complexity index is 347. The second-order valence-electron chi connectivity index (χ2n) is 3.36. The van der Waals surface area contributed by atoms with E-state index in [2.05, 4.69) is 5.92 Å². The van der Waals surface area contributed by atoms with Crippen molar-refractivity contribution in [3.8, 4) is 18.1 Å². The van der Waals surface area contributed by atoms with Crippen molar-refractivity contribution in [2.24, 2.45) is 0 Å². The van der Waals surface area contributed by atoms with Gasteiger partial charge in [-0.25, -0.2) is 0 Å². The zero-order chi connectivity index (χ0) is 12.6. The SMILES string of the molecule is C#CC(COc1ccccc1)(OCC)OCC. The average Bonchev–Trinajstić information content (AvgIpc) is 2.38. The van der Waals surface area contributed by atoms with Crippen LogP contribution >= 0.6 is 0 Å². The van der Waals surface area contributed by atoms with Gasteiger partial charge in [0.25, 0.3) is 5.79 Å². The maximum atomic E-state index is 5.58. The molecule has 0 amide bonds. The van der Waals surface area contributed by atoms with Crippen molar-refractivity contribution in [1.29, 1.82) is 0 Å². The summed E-state index contributed by atoms with van der Waals surface area (Å²) in [6, 6.07) is 9.44. The molecular weight excluding hydrogens is 216 g/mol. The number of benzene rings is 1. The minimum atomic E-state index is -1.10. The highest BCUT2D eigenvalue weighted by molar-refractivity contribution is 5.21. The summed E-state index contributed by atoms with van der Waals surface area (Å²) in [6.07, 6.45) is 5.46.